The highest BCUT2D eigenvalue weighted by Crippen LogP contribution is 2.13. The Morgan fingerprint density at radius 1 is 1.31 bits per heavy atom. The first kappa shape index (κ1) is 12.0. The van der Waals surface area contributed by atoms with E-state index < -0.39 is 6.03 Å². The van der Waals surface area contributed by atoms with Crippen LogP contribution in [0.2, 0.25) is 0 Å². The molecule has 5 heteroatoms. The van der Waals surface area contributed by atoms with E-state index in [1.165, 1.54) is 12.6 Å². The Bertz CT molecular complexity index is 426. The second-order valence-corrected chi connectivity index (χ2v) is 3.49. The average Bonchev–Trinajstić information content (AvgIpc) is 2.23. The summed E-state index contributed by atoms with van der Waals surface area (Å²) in [6.45, 7) is 4.00. The summed E-state index contributed by atoms with van der Waals surface area (Å²) in [5, 5.41) is 5.05. The molecule has 0 aliphatic carbocycles. The molecule has 1 aromatic carbocycles. The minimum Gasteiger partial charge on any atom is -0.370 e. The first-order valence-electron chi connectivity index (χ1n) is 4.90. The zero-order valence-corrected chi connectivity index (χ0v) is 9.66. The van der Waals surface area contributed by atoms with Crippen LogP contribution in [0.25, 0.3) is 0 Å². The number of urea groups is 1. The van der Waals surface area contributed by atoms with Crippen molar-refractivity contribution >= 4 is 17.7 Å². The monoisotopic (exact) mass is 220 g/mol. The second-order valence-electron chi connectivity index (χ2n) is 3.49. The van der Waals surface area contributed by atoms with Crippen LogP contribution in [0.4, 0.5) is 10.5 Å². The number of carbonyl (C=O) groups is 1. The number of hydrogen-bond acceptors (Lipinski definition) is 2. The van der Waals surface area contributed by atoms with E-state index >= 15 is 0 Å². The van der Waals surface area contributed by atoms with Gasteiger partial charge in [-0.15, -0.1) is 0 Å². The van der Waals surface area contributed by atoms with E-state index in [4.69, 9.17) is 5.73 Å². The van der Waals surface area contributed by atoms with Crippen LogP contribution in [0.15, 0.2) is 23.2 Å². The van der Waals surface area contributed by atoms with Gasteiger partial charge in [0.1, 0.15) is 0 Å². The van der Waals surface area contributed by atoms with E-state index in [0.29, 0.717) is 0 Å². The quantitative estimate of drug-likeness (QED) is 0.493. The molecular formula is C11H16N4O. The van der Waals surface area contributed by atoms with Crippen LogP contribution in [0, 0.1) is 13.8 Å². The number of amides is 2. The average molecular weight is 220 g/mol. The van der Waals surface area contributed by atoms with Crippen LogP contribution >= 0.6 is 0 Å². The lowest BCUT2D eigenvalue weighted by atomic mass is 10.1. The van der Waals surface area contributed by atoms with Gasteiger partial charge in [0.25, 0.3) is 0 Å². The topological polar surface area (TPSA) is 79.5 Å². The van der Waals surface area contributed by atoms with Gasteiger partial charge in [-0.25, -0.2) is 4.79 Å². The van der Waals surface area contributed by atoms with Gasteiger partial charge in [-0.2, -0.15) is 0 Å². The van der Waals surface area contributed by atoms with E-state index in [0.717, 1.165) is 11.3 Å². The summed E-state index contributed by atoms with van der Waals surface area (Å²) >= 11 is 0. The fraction of sp³-hybridized carbons (Fsp3) is 0.273. The maximum Gasteiger partial charge on any atom is 0.325 e. The highest BCUT2D eigenvalue weighted by molar-refractivity contribution is 6.01. The largest absolute Gasteiger partial charge is 0.370 e. The molecule has 0 radical (unpaired) electrons. The van der Waals surface area contributed by atoms with E-state index in [-0.39, 0.29) is 5.96 Å². The maximum atomic E-state index is 11.4. The number of nitrogens with one attached hydrogen (secondary N) is 2. The predicted molar refractivity (Wildman–Crippen MR) is 65.6 cm³/mol. The predicted octanol–water partition coefficient (Wildman–Crippen LogP) is 1.37. The van der Waals surface area contributed by atoms with Gasteiger partial charge < -0.3 is 11.1 Å². The Kier molecular flexibility index (Phi) is 3.88. The fourth-order valence-electron chi connectivity index (χ4n) is 1.15. The van der Waals surface area contributed by atoms with Crippen molar-refractivity contribution in [1.82, 2.24) is 5.32 Å². The number of nitrogens with two attached hydrogens (primary N) is 1. The lowest BCUT2D eigenvalue weighted by molar-refractivity contribution is 0.256. The second kappa shape index (κ2) is 5.16. The number of guanidine groups is 1. The van der Waals surface area contributed by atoms with E-state index in [1.54, 1.807) is 0 Å². The molecule has 0 aromatic heterocycles. The summed E-state index contributed by atoms with van der Waals surface area (Å²) in [4.78, 5) is 15.0. The van der Waals surface area contributed by atoms with E-state index in [1.807, 2.05) is 32.0 Å². The molecule has 1 aromatic rings. The maximum absolute atomic E-state index is 11.4. The van der Waals surface area contributed by atoms with Gasteiger partial charge in [0, 0.05) is 12.7 Å². The summed E-state index contributed by atoms with van der Waals surface area (Å²) < 4.78 is 0. The van der Waals surface area contributed by atoms with Crippen molar-refractivity contribution in [2.24, 2.45) is 10.7 Å². The number of rotatable bonds is 1. The molecule has 4 N–H and O–H groups in total. The van der Waals surface area contributed by atoms with Gasteiger partial charge in [0.05, 0.1) is 0 Å². The van der Waals surface area contributed by atoms with Crippen LogP contribution in [0.1, 0.15) is 11.1 Å². The standard InChI is InChI=1S/C11H16N4O/c1-7-4-5-9(6-8(7)2)14-11(16)15-10(12)13-3/h4-6H,1-3H3,(H4,12,13,14,15,16). The first-order chi connectivity index (χ1) is 7.52. The lowest BCUT2D eigenvalue weighted by Crippen LogP contribution is -2.39. The number of benzene rings is 1. The molecule has 0 bridgehead atoms. The number of aryl methyl sites for hydroxylation is 2. The van der Waals surface area contributed by atoms with E-state index in [2.05, 4.69) is 15.6 Å². The van der Waals surface area contributed by atoms with Gasteiger partial charge in [-0.05, 0) is 37.1 Å². The number of hydrogen-bond donors (Lipinski definition) is 3. The molecule has 0 fully saturated rings. The minimum atomic E-state index is -0.397. The molecule has 1 rings (SSSR count). The van der Waals surface area contributed by atoms with Gasteiger partial charge >= 0.3 is 6.03 Å². The minimum absolute atomic E-state index is 0.0846. The molecule has 0 heterocycles. The fourth-order valence-corrected chi connectivity index (χ4v) is 1.15. The molecule has 0 unspecified atom stereocenters. The number of aliphatic imine (C=N–C) groups is 1. The summed E-state index contributed by atoms with van der Waals surface area (Å²) in [5.41, 5.74) is 8.39. The van der Waals surface area contributed by atoms with Crippen LogP contribution in [-0.2, 0) is 0 Å². The third kappa shape index (κ3) is 3.27. The Hall–Kier alpha value is -2.04. The van der Waals surface area contributed by atoms with Crippen molar-refractivity contribution in [2.75, 3.05) is 12.4 Å². The lowest BCUT2D eigenvalue weighted by Gasteiger charge is -2.08. The van der Waals surface area contributed by atoms with Gasteiger partial charge in [-0.1, -0.05) is 6.07 Å². The summed E-state index contributed by atoms with van der Waals surface area (Å²) in [5.74, 6) is 0.0846. The Morgan fingerprint density at radius 3 is 2.56 bits per heavy atom. The number of anilines is 1. The van der Waals surface area contributed by atoms with Crippen LogP contribution in [-0.4, -0.2) is 19.0 Å². The molecule has 0 spiro atoms. The van der Waals surface area contributed by atoms with Crippen molar-refractivity contribution in [2.45, 2.75) is 13.8 Å². The molecule has 0 saturated carbocycles. The summed E-state index contributed by atoms with van der Waals surface area (Å²) in [6, 6.07) is 5.28. The first-order valence-corrected chi connectivity index (χ1v) is 4.90. The molecule has 5 nitrogen and oxygen atoms in total. The summed E-state index contributed by atoms with van der Waals surface area (Å²) in [7, 11) is 1.51. The molecule has 0 aliphatic rings. The van der Waals surface area contributed by atoms with Crippen molar-refractivity contribution in [3.8, 4) is 0 Å². The Labute approximate surface area is 94.8 Å². The highest BCUT2D eigenvalue weighted by Gasteiger charge is 2.03. The third-order valence-electron chi connectivity index (χ3n) is 2.25. The van der Waals surface area contributed by atoms with Crippen molar-refractivity contribution < 1.29 is 4.79 Å². The van der Waals surface area contributed by atoms with Crippen molar-refractivity contribution in [1.29, 1.82) is 0 Å². The molecule has 86 valence electrons. The van der Waals surface area contributed by atoms with Gasteiger partial charge in [0.2, 0.25) is 0 Å². The van der Waals surface area contributed by atoms with Gasteiger partial charge in [-0.3, -0.25) is 10.3 Å². The zero-order chi connectivity index (χ0) is 12.1. The molecule has 0 aliphatic heterocycles. The Morgan fingerprint density at radius 2 is 2.00 bits per heavy atom. The molecule has 0 saturated heterocycles. The highest BCUT2D eigenvalue weighted by atomic mass is 16.2. The Balaban J connectivity index is 2.66. The SMILES string of the molecule is CN=C(N)NC(=O)Nc1ccc(C)c(C)c1. The number of carbonyl (C=O) groups excluding carboxylic acids is 1. The normalized spacial score (nSPS) is 11.1. The van der Waals surface area contributed by atoms with Crippen LogP contribution in [0.3, 0.4) is 0 Å². The van der Waals surface area contributed by atoms with E-state index in [9.17, 15) is 4.79 Å². The molecule has 2 amide bonds. The van der Waals surface area contributed by atoms with Crippen LogP contribution < -0.4 is 16.4 Å². The molecule has 16 heavy (non-hydrogen) atoms. The smallest absolute Gasteiger partial charge is 0.325 e. The van der Waals surface area contributed by atoms with Crippen molar-refractivity contribution in [3.05, 3.63) is 29.3 Å². The summed E-state index contributed by atoms with van der Waals surface area (Å²) in [6.07, 6.45) is 0. The van der Waals surface area contributed by atoms with Crippen LogP contribution in [0.5, 0.6) is 0 Å². The molecular weight excluding hydrogens is 204 g/mol. The molecule has 0 atom stereocenters. The number of nitrogens with zero attached hydrogens (tertiary/aromatic N) is 1. The van der Waals surface area contributed by atoms with Crippen molar-refractivity contribution in [3.63, 3.8) is 0 Å². The van der Waals surface area contributed by atoms with Gasteiger partial charge in [0.15, 0.2) is 5.96 Å². The third-order valence-corrected chi connectivity index (χ3v) is 2.25. The zero-order valence-electron chi connectivity index (χ0n) is 9.66.